The number of aromatic nitrogens is 1. The Bertz CT molecular complexity index is 698. The topological polar surface area (TPSA) is 39.7 Å². The molecule has 2 saturated heterocycles. The lowest BCUT2D eigenvalue weighted by Gasteiger charge is -2.36. The van der Waals surface area contributed by atoms with E-state index in [0.717, 1.165) is 45.1 Å². The van der Waals surface area contributed by atoms with Crippen molar-refractivity contribution in [1.29, 1.82) is 0 Å². The van der Waals surface area contributed by atoms with Gasteiger partial charge in [0.2, 0.25) is 5.91 Å². The molecule has 0 bridgehead atoms. The normalized spacial score (nSPS) is 21.3. The number of hydrogen-bond donors (Lipinski definition) is 0. The molecular formula is C20H26N4OS. The Hall–Kier alpha value is -1.92. The summed E-state index contributed by atoms with van der Waals surface area (Å²) in [6.07, 6.45) is 4.90. The molecule has 2 aliphatic rings. The molecule has 6 heteroatoms. The fourth-order valence-corrected chi connectivity index (χ4v) is 4.77. The quantitative estimate of drug-likeness (QED) is 0.811. The number of likely N-dealkylation sites (tertiary alicyclic amines) is 1. The number of amides is 1. The SMILES string of the molecule is O=C(CCN1CCC[C@H]1c1ccsc1)N1CCN(c2ccccn2)CC1. The highest BCUT2D eigenvalue weighted by molar-refractivity contribution is 7.07. The van der Waals surface area contributed by atoms with Crippen LogP contribution in [0.5, 0.6) is 0 Å². The highest BCUT2D eigenvalue weighted by Gasteiger charge is 2.28. The lowest BCUT2D eigenvalue weighted by Crippen LogP contribution is -2.49. The standard InChI is InChI=1S/C20H26N4OS/c25-20(6-10-22-9-3-4-18(22)17-7-15-26-16-17)24-13-11-23(12-14-24)19-5-1-2-8-21-19/h1-2,5,7-8,15-16,18H,3-4,6,9-14H2/t18-/m0/s1. The van der Waals surface area contributed by atoms with Crippen LogP contribution in [0.1, 0.15) is 30.9 Å². The van der Waals surface area contributed by atoms with Crippen LogP contribution in [0.4, 0.5) is 5.82 Å². The van der Waals surface area contributed by atoms with Crippen LogP contribution in [0.15, 0.2) is 41.2 Å². The number of nitrogens with zero attached hydrogens (tertiary/aromatic N) is 4. The van der Waals surface area contributed by atoms with Crippen LogP contribution in [0.2, 0.25) is 0 Å². The van der Waals surface area contributed by atoms with Crippen LogP contribution in [0, 0.1) is 0 Å². The van der Waals surface area contributed by atoms with Gasteiger partial charge in [-0.25, -0.2) is 4.98 Å². The number of piperazine rings is 1. The maximum absolute atomic E-state index is 12.7. The first-order chi connectivity index (χ1) is 12.8. The van der Waals surface area contributed by atoms with Crippen LogP contribution in [0.25, 0.3) is 0 Å². The van der Waals surface area contributed by atoms with Gasteiger partial charge in [0.25, 0.3) is 0 Å². The molecule has 0 aromatic carbocycles. The molecule has 26 heavy (non-hydrogen) atoms. The van der Waals surface area contributed by atoms with Gasteiger partial charge in [-0.05, 0) is 53.9 Å². The summed E-state index contributed by atoms with van der Waals surface area (Å²) in [5, 5.41) is 4.40. The molecule has 1 atom stereocenters. The Labute approximate surface area is 159 Å². The lowest BCUT2D eigenvalue weighted by atomic mass is 10.1. The van der Waals surface area contributed by atoms with Crippen molar-refractivity contribution in [3.8, 4) is 0 Å². The molecule has 0 saturated carbocycles. The maximum atomic E-state index is 12.7. The van der Waals surface area contributed by atoms with Crippen molar-refractivity contribution in [1.82, 2.24) is 14.8 Å². The Morgan fingerprint density at radius 2 is 2.04 bits per heavy atom. The summed E-state index contributed by atoms with van der Waals surface area (Å²) in [6.45, 7) is 5.31. The number of rotatable bonds is 5. The maximum Gasteiger partial charge on any atom is 0.223 e. The lowest BCUT2D eigenvalue weighted by molar-refractivity contribution is -0.131. The van der Waals surface area contributed by atoms with Crippen molar-refractivity contribution in [3.63, 3.8) is 0 Å². The first-order valence-electron chi connectivity index (χ1n) is 9.51. The average molecular weight is 371 g/mol. The van der Waals surface area contributed by atoms with Gasteiger partial charge in [-0.3, -0.25) is 9.69 Å². The third-order valence-corrected chi connectivity index (χ3v) is 6.21. The predicted molar refractivity (Wildman–Crippen MR) is 106 cm³/mol. The molecule has 2 aromatic rings. The summed E-state index contributed by atoms with van der Waals surface area (Å²) < 4.78 is 0. The highest BCUT2D eigenvalue weighted by atomic mass is 32.1. The number of carbonyl (C=O) groups excluding carboxylic acids is 1. The van der Waals surface area contributed by atoms with Gasteiger partial charge in [0, 0.05) is 51.4 Å². The van der Waals surface area contributed by atoms with Gasteiger partial charge >= 0.3 is 0 Å². The second-order valence-corrected chi connectivity index (χ2v) is 7.84. The zero-order chi connectivity index (χ0) is 17.8. The molecule has 2 fully saturated rings. The molecule has 1 amide bonds. The van der Waals surface area contributed by atoms with Gasteiger partial charge in [-0.2, -0.15) is 11.3 Å². The summed E-state index contributed by atoms with van der Waals surface area (Å²) in [4.78, 5) is 23.8. The van der Waals surface area contributed by atoms with Gasteiger partial charge in [0.1, 0.15) is 5.82 Å². The molecule has 4 heterocycles. The number of pyridine rings is 1. The Morgan fingerprint density at radius 1 is 1.15 bits per heavy atom. The van der Waals surface area contributed by atoms with E-state index in [1.54, 1.807) is 11.3 Å². The van der Waals surface area contributed by atoms with Crippen molar-refractivity contribution in [2.75, 3.05) is 44.2 Å². The number of hydrogen-bond acceptors (Lipinski definition) is 5. The van der Waals surface area contributed by atoms with E-state index in [1.807, 2.05) is 29.3 Å². The number of thiophene rings is 1. The first kappa shape index (κ1) is 17.5. The van der Waals surface area contributed by atoms with E-state index in [1.165, 1.54) is 18.4 Å². The fourth-order valence-electron chi connectivity index (χ4n) is 4.06. The van der Waals surface area contributed by atoms with E-state index in [9.17, 15) is 4.79 Å². The minimum atomic E-state index is 0.293. The van der Waals surface area contributed by atoms with Crippen LogP contribution in [0.3, 0.4) is 0 Å². The second-order valence-electron chi connectivity index (χ2n) is 7.06. The molecule has 2 aromatic heterocycles. The van der Waals surface area contributed by atoms with Crippen LogP contribution >= 0.6 is 11.3 Å². The molecule has 2 aliphatic heterocycles. The largest absolute Gasteiger partial charge is 0.353 e. The average Bonchev–Trinajstić information content (AvgIpc) is 3.38. The highest BCUT2D eigenvalue weighted by Crippen LogP contribution is 2.33. The Kier molecular flexibility index (Phi) is 5.51. The predicted octanol–water partition coefficient (Wildman–Crippen LogP) is 3.02. The van der Waals surface area contributed by atoms with Gasteiger partial charge < -0.3 is 9.80 Å². The smallest absolute Gasteiger partial charge is 0.223 e. The van der Waals surface area contributed by atoms with E-state index in [0.29, 0.717) is 18.4 Å². The third-order valence-electron chi connectivity index (χ3n) is 5.51. The van der Waals surface area contributed by atoms with Gasteiger partial charge in [-0.1, -0.05) is 6.07 Å². The molecule has 0 aliphatic carbocycles. The molecule has 0 spiro atoms. The van der Waals surface area contributed by atoms with Crippen LogP contribution in [-0.2, 0) is 4.79 Å². The summed E-state index contributed by atoms with van der Waals surface area (Å²) in [5.41, 5.74) is 1.42. The van der Waals surface area contributed by atoms with E-state index in [2.05, 4.69) is 31.6 Å². The van der Waals surface area contributed by atoms with Crippen molar-refractivity contribution < 1.29 is 4.79 Å². The molecule has 0 unspecified atom stereocenters. The summed E-state index contributed by atoms with van der Waals surface area (Å²) >= 11 is 1.76. The van der Waals surface area contributed by atoms with Crippen molar-refractivity contribution in [3.05, 3.63) is 46.8 Å². The van der Waals surface area contributed by atoms with Crippen molar-refractivity contribution in [2.24, 2.45) is 0 Å². The zero-order valence-corrected chi connectivity index (χ0v) is 15.9. The molecule has 0 N–H and O–H groups in total. The summed E-state index contributed by atoms with van der Waals surface area (Å²) in [6, 6.07) is 8.72. The Balaban J connectivity index is 1.26. The van der Waals surface area contributed by atoms with Crippen molar-refractivity contribution >= 4 is 23.1 Å². The number of anilines is 1. The third kappa shape index (κ3) is 3.91. The van der Waals surface area contributed by atoms with E-state index < -0.39 is 0 Å². The fraction of sp³-hybridized carbons (Fsp3) is 0.500. The zero-order valence-electron chi connectivity index (χ0n) is 15.1. The molecule has 5 nitrogen and oxygen atoms in total. The molecule has 0 radical (unpaired) electrons. The van der Waals surface area contributed by atoms with E-state index in [4.69, 9.17) is 0 Å². The Morgan fingerprint density at radius 3 is 2.77 bits per heavy atom. The minimum Gasteiger partial charge on any atom is -0.353 e. The van der Waals surface area contributed by atoms with Crippen molar-refractivity contribution in [2.45, 2.75) is 25.3 Å². The summed E-state index contributed by atoms with van der Waals surface area (Å²) in [5.74, 6) is 1.30. The van der Waals surface area contributed by atoms with E-state index >= 15 is 0 Å². The van der Waals surface area contributed by atoms with Gasteiger partial charge in [-0.15, -0.1) is 0 Å². The molecule has 138 valence electrons. The monoisotopic (exact) mass is 370 g/mol. The number of carbonyl (C=O) groups is 1. The van der Waals surface area contributed by atoms with Gasteiger partial charge in [0.05, 0.1) is 0 Å². The molecule has 4 rings (SSSR count). The van der Waals surface area contributed by atoms with Gasteiger partial charge in [0.15, 0.2) is 0 Å². The second kappa shape index (κ2) is 8.18. The minimum absolute atomic E-state index is 0.293. The van der Waals surface area contributed by atoms with Crippen LogP contribution in [-0.4, -0.2) is 60.0 Å². The molecular weight excluding hydrogens is 344 g/mol. The van der Waals surface area contributed by atoms with E-state index in [-0.39, 0.29) is 0 Å². The summed E-state index contributed by atoms with van der Waals surface area (Å²) in [7, 11) is 0. The first-order valence-corrected chi connectivity index (χ1v) is 10.5. The van der Waals surface area contributed by atoms with Crippen LogP contribution < -0.4 is 4.90 Å².